The van der Waals surface area contributed by atoms with E-state index in [2.05, 4.69) is 10.3 Å². The summed E-state index contributed by atoms with van der Waals surface area (Å²) in [5.74, 6) is -0.101. The molecule has 21 heavy (non-hydrogen) atoms. The van der Waals surface area contributed by atoms with Crippen molar-refractivity contribution in [3.05, 3.63) is 28.1 Å². The molecule has 2 aromatic heterocycles. The fourth-order valence-corrected chi connectivity index (χ4v) is 3.28. The molecule has 0 saturated heterocycles. The molecule has 0 aromatic carbocycles. The van der Waals surface area contributed by atoms with Gasteiger partial charge < -0.3 is 11.1 Å². The summed E-state index contributed by atoms with van der Waals surface area (Å²) in [7, 11) is 0. The summed E-state index contributed by atoms with van der Waals surface area (Å²) >= 11 is 3.05. The van der Waals surface area contributed by atoms with E-state index in [4.69, 9.17) is 5.73 Å². The standard InChI is InChI=1S/C13H17N3OS2.2ClH/c1-8-10(11(17)15-7-13(2,3)14)19-12(16-8)9-5-4-6-18-9;;/h4-6H,7,14H2,1-3H3,(H,15,17);2*1H. The lowest BCUT2D eigenvalue weighted by Crippen LogP contribution is -2.45. The molecule has 118 valence electrons. The van der Waals surface area contributed by atoms with Gasteiger partial charge in [-0.1, -0.05) is 6.07 Å². The van der Waals surface area contributed by atoms with Crippen molar-refractivity contribution in [2.24, 2.45) is 5.73 Å². The maximum absolute atomic E-state index is 12.1. The zero-order chi connectivity index (χ0) is 14.0. The number of hydrogen-bond donors (Lipinski definition) is 2. The van der Waals surface area contributed by atoms with Crippen LogP contribution >= 0.6 is 47.5 Å². The molecule has 0 radical (unpaired) electrons. The third-order valence-electron chi connectivity index (χ3n) is 2.44. The van der Waals surface area contributed by atoms with Crippen LogP contribution in [0.1, 0.15) is 29.2 Å². The molecule has 0 aliphatic carbocycles. The highest BCUT2D eigenvalue weighted by Gasteiger charge is 2.18. The van der Waals surface area contributed by atoms with Gasteiger partial charge in [0.15, 0.2) is 0 Å². The van der Waals surface area contributed by atoms with E-state index < -0.39 is 5.54 Å². The third kappa shape index (κ3) is 5.56. The number of amides is 1. The van der Waals surface area contributed by atoms with E-state index in [0.717, 1.165) is 15.6 Å². The summed E-state index contributed by atoms with van der Waals surface area (Å²) in [6.45, 7) is 6.06. The van der Waals surface area contributed by atoms with Crippen molar-refractivity contribution < 1.29 is 4.79 Å². The number of nitrogens with two attached hydrogens (primary N) is 1. The van der Waals surface area contributed by atoms with Crippen LogP contribution in [0.15, 0.2) is 17.5 Å². The highest BCUT2D eigenvalue weighted by atomic mass is 35.5. The van der Waals surface area contributed by atoms with Crippen LogP contribution in [-0.2, 0) is 0 Å². The number of thiazole rings is 1. The summed E-state index contributed by atoms with van der Waals surface area (Å²) < 4.78 is 0. The Hall–Kier alpha value is -0.660. The van der Waals surface area contributed by atoms with E-state index in [1.165, 1.54) is 11.3 Å². The predicted molar refractivity (Wildman–Crippen MR) is 95.3 cm³/mol. The fraction of sp³-hybridized carbons (Fsp3) is 0.385. The zero-order valence-electron chi connectivity index (χ0n) is 12.0. The maximum atomic E-state index is 12.1. The first-order chi connectivity index (χ1) is 8.87. The molecule has 0 spiro atoms. The topological polar surface area (TPSA) is 68.0 Å². The summed E-state index contributed by atoms with van der Waals surface area (Å²) in [5.41, 5.74) is 6.21. The average Bonchev–Trinajstić information content (AvgIpc) is 2.93. The Morgan fingerprint density at radius 2 is 2.10 bits per heavy atom. The summed E-state index contributed by atoms with van der Waals surface area (Å²) in [6.07, 6.45) is 0. The second kappa shape index (κ2) is 8.10. The predicted octanol–water partition coefficient (Wildman–Crippen LogP) is 3.49. The van der Waals surface area contributed by atoms with Gasteiger partial charge in [0.05, 0.1) is 10.6 Å². The van der Waals surface area contributed by atoms with Crippen LogP contribution < -0.4 is 11.1 Å². The number of hydrogen-bond acceptors (Lipinski definition) is 5. The van der Waals surface area contributed by atoms with Gasteiger partial charge in [-0.2, -0.15) is 0 Å². The molecule has 0 unspecified atom stereocenters. The highest BCUT2D eigenvalue weighted by molar-refractivity contribution is 7.22. The number of halogens is 2. The van der Waals surface area contributed by atoms with Gasteiger partial charge in [0, 0.05) is 12.1 Å². The fourth-order valence-electron chi connectivity index (χ4n) is 1.50. The van der Waals surface area contributed by atoms with Crippen molar-refractivity contribution in [2.75, 3.05) is 6.54 Å². The van der Waals surface area contributed by atoms with Crippen LogP contribution in [0.4, 0.5) is 0 Å². The first kappa shape index (κ1) is 20.3. The van der Waals surface area contributed by atoms with Crippen LogP contribution in [0.2, 0.25) is 0 Å². The Kier molecular flexibility index (Phi) is 7.84. The van der Waals surface area contributed by atoms with Crippen LogP contribution in [0, 0.1) is 6.92 Å². The summed E-state index contributed by atoms with van der Waals surface area (Å²) in [4.78, 5) is 18.3. The van der Waals surface area contributed by atoms with Gasteiger partial charge in [0.2, 0.25) is 0 Å². The number of nitrogens with one attached hydrogen (secondary N) is 1. The lowest BCUT2D eigenvalue weighted by molar-refractivity contribution is 0.0949. The van der Waals surface area contributed by atoms with Crippen molar-refractivity contribution in [1.29, 1.82) is 0 Å². The third-order valence-corrected chi connectivity index (χ3v) is 4.63. The van der Waals surface area contributed by atoms with Gasteiger partial charge in [-0.15, -0.1) is 47.5 Å². The van der Waals surface area contributed by atoms with E-state index in [9.17, 15) is 4.79 Å². The minimum atomic E-state index is -0.412. The number of aromatic nitrogens is 1. The molecule has 4 nitrogen and oxygen atoms in total. The molecule has 1 amide bonds. The Morgan fingerprint density at radius 1 is 1.43 bits per heavy atom. The second-order valence-electron chi connectivity index (χ2n) is 5.08. The van der Waals surface area contributed by atoms with Crippen LogP contribution in [0.25, 0.3) is 9.88 Å². The molecule has 0 saturated carbocycles. The number of nitrogens with zero attached hydrogens (tertiary/aromatic N) is 1. The zero-order valence-corrected chi connectivity index (χ0v) is 15.3. The molecule has 2 rings (SSSR count). The van der Waals surface area contributed by atoms with E-state index in [1.807, 2.05) is 38.3 Å². The molecule has 2 aromatic rings. The minimum Gasteiger partial charge on any atom is -0.349 e. The molecular weight excluding hydrogens is 349 g/mol. The van der Waals surface area contributed by atoms with Crippen LogP contribution in [-0.4, -0.2) is 23.0 Å². The lowest BCUT2D eigenvalue weighted by Gasteiger charge is -2.18. The van der Waals surface area contributed by atoms with Gasteiger partial charge in [0.25, 0.3) is 5.91 Å². The van der Waals surface area contributed by atoms with Gasteiger partial charge in [0.1, 0.15) is 9.88 Å². The van der Waals surface area contributed by atoms with Crippen molar-refractivity contribution in [1.82, 2.24) is 10.3 Å². The molecule has 0 atom stereocenters. The normalized spacial score (nSPS) is 10.5. The molecule has 8 heteroatoms. The van der Waals surface area contributed by atoms with Gasteiger partial charge in [-0.3, -0.25) is 4.79 Å². The van der Waals surface area contributed by atoms with Gasteiger partial charge >= 0.3 is 0 Å². The monoisotopic (exact) mass is 367 g/mol. The quantitative estimate of drug-likeness (QED) is 0.868. The SMILES string of the molecule is Cc1nc(-c2cccs2)sc1C(=O)NCC(C)(C)N.Cl.Cl. The number of aryl methyl sites for hydroxylation is 1. The molecule has 0 aliphatic heterocycles. The average molecular weight is 368 g/mol. The first-order valence-electron chi connectivity index (χ1n) is 5.95. The van der Waals surface area contributed by atoms with Crippen LogP contribution in [0.3, 0.4) is 0 Å². The molecule has 3 N–H and O–H groups in total. The summed E-state index contributed by atoms with van der Waals surface area (Å²) in [5, 5.41) is 5.74. The Morgan fingerprint density at radius 3 is 2.62 bits per heavy atom. The van der Waals surface area contributed by atoms with E-state index >= 15 is 0 Å². The number of carbonyl (C=O) groups is 1. The highest BCUT2D eigenvalue weighted by Crippen LogP contribution is 2.30. The Labute approximate surface area is 145 Å². The lowest BCUT2D eigenvalue weighted by atomic mass is 10.1. The minimum absolute atomic E-state index is 0. The smallest absolute Gasteiger partial charge is 0.263 e. The number of carbonyl (C=O) groups excluding carboxylic acids is 1. The molecule has 2 heterocycles. The van der Waals surface area contributed by atoms with Crippen molar-refractivity contribution >= 4 is 53.4 Å². The largest absolute Gasteiger partial charge is 0.349 e. The van der Waals surface area contributed by atoms with E-state index in [1.54, 1.807) is 11.3 Å². The molecule has 0 aliphatic rings. The summed E-state index contributed by atoms with van der Waals surface area (Å²) in [6, 6.07) is 3.99. The number of rotatable bonds is 4. The molecule has 0 fully saturated rings. The molecular formula is C13H19Cl2N3OS2. The molecule has 0 bridgehead atoms. The van der Waals surface area contributed by atoms with Crippen molar-refractivity contribution in [2.45, 2.75) is 26.3 Å². The Bertz CT molecular complexity index is 577. The van der Waals surface area contributed by atoms with Crippen molar-refractivity contribution in [3.8, 4) is 9.88 Å². The Balaban J connectivity index is 0.00000200. The van der Waals surface area contributed by atoms with E-state index in [-0.39, 0.29) is 30.7 Å². The van der Waals surface area contributed by atoms with Crippen LogP contribution in [0.5, 0.6) is 0 Å². The van der Waals surface area contributed by atoms with E-state index in [0.29, 0.717) is 11.4 Å². The number of thiophene rings is 1. The maximum Gasteiger partial charge on any atom is 0.263 e. The van der Waals surface area contributed by atoms with Gasteiger partial charge in [-0.25, -0.2) is 4.98 Å². The second-order valence-corrected chi connectivity index (χ2v) is 7.03. The first-order valence-corrected chi connectivity index (χ1v) is 7.65. The van der Waals surface area contributed by atoms with Gasteiger partial charge in [-0.05, 0) is 32.2 Å². The van der Waals surface area contributed by atoms with Crippen molar-refractivity contribution in [3.63, 3.8) is 0 Å².